The predicted molar refractivity (Wildman–Crippen MR) is 60.4 cm³/mol. The van der Waals surface area contributed by atoms with Gasteiger partial charge in [-0.25, -0.2) is 0 Å². The number of piperidine rings is 1. The molecule has 2 saturated heterocycles. The lowest BCUT2D eigenvalue weighted by Crippen LogP contribution is -2.40. The summed E-state index contributed by atoms with van der Waals surface area (Å²) in [6.45, 7) is 11.3. The second-order valence-corrected chi connectivity index (χ2v) is 5.82. The Labute approximate surface area is 88.1 Å². The highest BCUT2D eigenvalue weighted by Gasteiger charge is 2.27. The van der Waals surface area contributed by atoms with Gasteiger partial charge >= 0.3 is 0 Å². The van der Waals surface area contributed by atoms with Crippen molar-refractivity contribution in [3.8, 4) is 0 Å². The Kier molecular flexibility index (Phi) is 3.13. The van der Waals surface area contributed by atoms with E-state index in [1.807, 2.05) is 0 Å². The summed E-state index contributed by atoms with van der Waals surface area (Å²) in [5.74, 6) is 0.927. The van der Waals surface area contributed by atoms with E-state index in [4.69, 9.17) is 0 Å². The van der Waals surface area contributed by atoms with Crippen LogP contribution in [0.2, 0.25) is 0 Å². The summed E-state index contributed by atoms with van der Waals surface area (Å²) in [5, 5.41) is 3.45. The lowest BCUT2D eigenvalue weighted by molar-refractivity contribution is 0.119. The average molecular weight is 196 g/mol. The molecule has 0 aromatic carbocycles. The van der Waals surface area contributed by atoms with Crippen molar-refractivity contribution >= 4 is 0 Å². The first kappa shape index (κ1) is 10.4. The third-order valence-corrected chi connectivity index (χ3v) is 3.89. The van der Waals surface area contributed by atoms with E-state index in [0.717, 1.165) is 5.92 Å². The van der Waals surface area contributed by atoms with E-state index in [-0.39, 0.29) is 0 Å². The molecule has 2 aliphatic rings. The van der Waals surface area contributed by atoms with E-state index < -0.39 is 0 Å². The summed E-state index contributed by atoms with van der Waals surface area (Å²) in [7, 11) is 0. The molecular formula is C12H24N2. The van der Waals surface area contributed by atoms with Crippen molar-refractivity contribution in [1.82, 2.24) is 10.2 Å². The molecule has 14 heavy (non-hydrogen) atoms. The van der Waals surface area contributed by atoms with Gasteiger partial charge in [0.1, 0.15) is 0 Å². The van der Waals surface area contributed by atoms with Crippen molar-refractivity contribution in [1.29, 1.82) is 0 Å². The summed E-state index contributed by atoms with van der Waals surface area (Å²) in [6.07, 6.45) is 4.15. The van der Waals surface area contributed by atoms with E-state index in [0.29, 0.717) is 5.41 Å². The van der Waals surface area contributed by atoms with Gasteiger partial charge in [-0.15, -0.1) is 0 Å². The lowest BCUT2D eigenvalue weighted by Gasteiger charge is -2.37. The minimum atomic E-state index is 0.602. The van der Waals surface area contributed by atoms with Crippen molar-refractivity contribution in [2.45, 2.75) is 33.1 Å². The number of nitrogens with zero attached hydrogens (tertiary/aromatic N) is 1. The van der Waals surface area contributed by atoms with Crippen LogP contribution in [0.4, 0.5) is 0 Å². The Balaban J connectivity index is 1.72. The summed E-state index contributed by atoms with van der Waals surface area (Å²) in [4.78, 5) is 2.67. The maximum atomic E-state index is 3.45. The zero-order valence-corrected chi connectivity index (χ0v) is 9.68. The predicted octanol–water partition coefficient (Wildman–Crippen LogP) is 1.72. The van der Waals surface area contributed by atoms with Crippen molar-refractivity contribution in [2.75, 3.05) is 32.7 Å². The van der Waals surface area contributed by atoms with Crippen molar-refractivity contribution in [2.24, 2.45) is 11.3 Å². The van der Waals surface area contributed by atoms with Crippen LogP contribution in [0.3, 0.4) is 0 Å². The molecule has 0 aromatic rings. The van der Waals surface area contributed by atoms with Crippen molar-refractivity contribution < 1.29 is 0 Å². The first-order chi connectivity index (χ1) is 6.66. The maximum Gasteiger partial charge on any atom is 0.00223 e. The third-order valence-electron chi connectivity index (χ3n) is 3.89. The second-order valence-electron chi connectivity index (χ2n) is 5.82. The van der Waals surface area contributed by atoms with Gasteiger partial charge in [0.2, 0.25) is 0 Å². The zero-order chi connectivity index (χ0) is 10.0. The minimum Gasteiger partial charge on any atom is -0.316 e. The molecule has 2 fully saturated rings. The Morgan fingerprint density at radius 1 is 1.29 bits per heavy atom. The molecule has 0 aliphatic carbocycles. The fourth-order valence-corrected chi connectivity index (χ4v) is 2.58. The average Bonchev–Trinajstić information content (AvgIpc) is 2.61. The number of hydrogen-bond donors (Lipinski definition) is 1. The van der Waals surface area contributed by atoms with Crippen LogP contribution in [0, 0.1) is 11.3 Å². The monoisotopic (exact) mass is 196 g/mol. The Hall–Kier alpha value is -0.0800. The number of rotatable bonds is 2. The van der Waals surface area contributed by atoms with E-state index in [1.165, 1.54) is 52.0 Å². The van der Waals surface area contributed by atoms with Gasteiger partial charge in [0.25, 0.3) is 0 Å². The van der Waals surface area contributed by atoms with E-state index in [9.17, 15) is 0 Å². The smallest absolute Gasteiger partial charge is 0.00223 e. The van der Waals surface area contributed by atoms with E-state index in [1.54, 1.807) is 0 Å². The van der Waals surface area contributed by atoms with E-state index in [2.05, 4.69) is 24.1 Å². The molecule has 0 aromatic heterocycles. The van der Waals surface area contributed by atoms with Crippen LogP contribution >= 0.6 is 0 Å². The molecule has 2 rings (SSSR count). The summed E-state index contributed by atoms with van der Waals surface area (Å²) < 4.78 is 0. The fourth-order valence-electron chi connectivity index (χ4n) is 2.58. The van der Waals surface area contributed by atoms with Gasteiger partial charge in [-0.2, -0.15) is 0 Å². The van der Waals surface area contributed by atoms with E-state index >= 15 is 0 Å². The molecule has 0 radical (unpaired) electrons. The summed E-state index contributed by atoms with van der Waals surface area (Å²) in [6, 6.07) is 0. The molecule has 2 heteroatoms. The zero-order valence-electron chi connectivity index (χ0n) is 9.68. The van der Waals surface area contributed by atoms with Crippen molar-refractivity contribution in [3.05, 3.63) is 0 Å². The van der Waals surface area contributed by atoms with Crippen LogP contribution in [-0.4, -0.2) is 37.6 Å². The normalized spacial score (nSPS) is 33.4. The SMILES string of the molecule is CC1(C)CCN(CC2CCNC2)CC1. The van der Waals surface area contributed by atoms with Gasteiger partial charge in [-0.05, 0) is 56.8 Å². The maximum absolute atomic E-state index is 3.45. The van der Waals surface area contributed by atoms with Crippen LogP contribution in [0.1, 0.15) is 33.1 Å². The molecule has 2 heterocycles. The highest BCUT2D eigenvalue weighted by atomic mass is 15.1. The van der Waals surface area contributed by atoms with Crippen LogP contribution in [0.15, 0.2) is 0 Å². The number of nitrogens with one attached hydrogen (secondary N) is 1. The minimum absolute atomic E-state index is 0.602. The standard InChI is InChI=1S/C12H24N2/c1-12(2)4-7-14(8-5-12)10-11-3-6-13-9-11/h11,13H,3-10H2,1-2H3. The van der Waals surface area contributed by atoms with Gasteiger partial charge < -0.3 is 10.2 Å². The molecule has 0 spiro atoms. The summed E-state index contributed by atoms with van der Waals surface area (Å²) >= 11 is 0. The molecule has 0 bridgehead atoms. The van der Waals surface area contributed by atoms with Gasteiger partial charge in [0.15, 0.2) is 0 Å². The highest BCUT2D eigenvalue weighted by Crippen LogP contribution is 2.30. The quantitative estimate of drug-likeness (QED) is 0.723. The first-order valence-electron chi connectivity index (χ1n) is 6.09. The molecule has 1 unspecified atom stereocenters. The van der Waals surface area contributed by atoms with Gasteiger partial charge in [-0.3, -0.25) is 0 Å². The molecule has 1 atom stereocenters. The fraction of sp³-hybridized carbons (Fsp3) is 1.00. The van der Waals surface area contributed by atoms with Gasteiger partial charge in [0, 0.05) is 6.54 Å². The molecule has 2 aliphatic heterocycles. The Bertz CT molecular complexity index is 173. The molecule has 1 N–H and O–H groups in total. The Morgan fingerprint density at radius 2 is 2.00 bits per heavy atom. The number of likely N-dealkylation sites (tertiary alicyclic amines) is 1. The molecule has 0 amide bonds. The lowest BCUT2D eigenvalue weighted by atomic mass is 9.82. The molecular weight excluding hydrogens is 172 g/mol. The van der Waals surface area contributed by atoms with Gasteiger partial charge in [-0.1, -0.05) is 13.8 Å². The number of hydrogen-bond acceptors (Lipinski definition) is 2. The molecule has 82 valence electrons. The third kappa shape index (κ3) is 2.71. The Morgan fingerprint density at radius 3 is 2.57 bits per heavy atom. The molecule has 0 saturated carbocycles. The first-order valence-corrected chi connectivity index (χ1v) is 6.09. The van der Waals surface area contributed by atoms with Gasteiger partial charge in [0.05, 0.1) is 0 Å². The molecule has 2 nitrogen and oxygen atoms in total. The van der Waals surface area contributed by atoms with Crippen molar-refractivity contribution in [3.63, 3.8) is 0 Å². The largest absolute Gasteiger partial charge is 0.316 e. The van der Waals surface area contributed by atoms with Crippen LogP contribution in [0.25, 0.3) is 0 Å². The van der Waals surface area contributed by atoms with Crippen LogP contribution in [0.5, 0.6) is 0 Å². The topological polar surface area (TPSA) is 15.3 Å². The van der Waals surface area contributed by atoms with Crippen LogP contribution < -0.4 is 5.32 Å². The second kappa shape index (κ2) is 4.19. The highest BCUT2D eigenvalue weighted by molar-refractivity contribution is 4.81. The van der Waals surface area contributed by atoms with Crippen LogP contribution in [-0.2, 0) is 0 Å². The summed E-state index contributed by atoms with van der Waals surface area (Å²) in [5.41, 5.74) is 0.602.